The summed E-state index contributed by atoms with van der Waals surface area (Å²) in [5, 5.41) is 2.80. The van der Waals surface area contributed by atoms with Crippen LogP contribution in [0.15, 0.2) is 12.4 Å². The van der Waals surface area contributed by atoms with Crippen LogP contribution in [0, 0.1) is 0 Å². The maximum Gasteiger partial charge on any atom is 0.408 e. The predicted molar refractivity (Wildman–Crippen MR) is 73.7 cm³/mol. The summed E-state index contributed by atoms with van der Waals surface area (Å²) in [5.74, 6) is -0.0208. The van der Waals surface area contributed by atoms with Gasteiger partial charge in [0.1, 0.15) is 11.1 Å². The molecule has 7 nitrogen and oxygen atoms in total. The molecule has 2 rings (SSSR count). The van der Waals surface area contributed by atoms with Gasteiger partial charge in [0, 0.05) is 12.4 Å². The number of ether oxygens (including phenoxy) is 2. The van der Waals surface area contributed by atoms with Crippen LogP contribution in [0.4, 0.5) is 4.79 Å². The van der Waals surface area contributed by atoms with E-state index in [9.17, 15) is 9.59 Å². The molecule has 1 N–H and O–H groups in total. The van der Waals surface area contributed by atoms with Crippen LogP contribution in [-0.4, -0.2) is 34.7 Å². The van der Waals surface area contributed by atoms with Crippen LogP contribution in [0.25, 0.3) is 0 Å². The first-order valence-corrected chi connectivity index (χ1v) is 6.68. The smallest absolute Gasteiger partial charge is 0.408 e. The van der Waals surface area contributed by atoms with Gasteiger partial charge in [0.05, 0.1) is 12.7 Å². The number of carbonyl (C=O) groups is 2. The van der Waals surface area contributed by atoms with E-state index in [1.54, 1.807) is 20.8 Å². The quantitative estimate of drug-likeness (QED) is 0.854. The van der Waals surface area contributed by atoms with Crippen molar-refractivity contribution in [1.82, 2.24) is 15.3 Å². The molecule has 1 aliphatic carbocycles. The van der Waals surface area contributed by atoms with Gasteiger partial charge in [-0.05, 0) is 33.6 Å². The number of carbonyl (C=O) groups excluding carboxylic acids is 2. The van der Waals surface area contributed by atoms with Crippen LogP contribution in [0.5, 0.6) is 0 Å². The normalized spacial score (nSPS) is 16.0. The molecule has 0 saturated heterocycles. The first kappa shape index (κ1) is 15.2. The molecule has 1 aliphatic rings. The summed E-state index contributed by atoms with van der Waals surface area (Å²) >= 11 is 0. The lowest BCUT2D eigenvalue weighted by atomic mass is 10.2. The molecule has 0 radical (unpaired) electrons. The summed E-state index contributed by atoms with van der Waals surface area (Å²) < 4.78 is 9.82. The van der Waals surface area contributed by atoms with Gasteiger partial charge < -0.3 is 14.8 Å². The van der Waals surface area contributed by atoms with Gasteiger partial charge in [-0.2, -0.15) is 0 Å². The molecule has 0 atom stereocenters. The van der Waals surface area contributed by atoms with Gasteiger partial charge >= 0.3 is 12.1 Å². The first-order chi connectivity index (χ1) is 9.76. The number of nitrogens with zero attached hydrogens (tertiary/aromatic N) is 2. The number of rotatable bonds is 3. The summed E-state index contributed by atoms with van der Waals surface area (Å²) in [6.45, 7) is 5.40. The number of esters is 1. The summed E-state index contributed by atoms with van der Waals surface area (Å²) in [7, 11) is 1.29. The third-order valence-corrected chi connectivity index (χ3v) is 2.99. The van der Waals surface area contributed by atoms with E-state index in [0.717, 1.165) is 12.8 Å². The largest absolute Gasteiger partial charge is 0.465 e. The molecule has 1 heterocycles. The average molecular weight is 293 g/mol. The third-order valence-electron chi connectivity index (χ3n) is 2.99. The van der Waals surface area contributed by atoms with Crippen LogP contribution >= 0.6 is 0 Å². The first-order valence-electron chi connectivity index (χ1n) is 6.68. The lowest BCUT2D eigenvalue weighted by Crippen LogP contribution is -2.40. The van der Waals surface area contributed by atoms with Crippen molar-refractivity contribution in [2.24, 2.45) is 0 Å². The SMILES string of the molecule is COC(=O)c1cnc(C2(NC(=O)OC(C)(C)C)CC2)nc1. The minimum absolute atomic E-state index is 0.273. The van der Waals surface area contributed by atoms with Crippen molar-refractivity contribution in [1.29, 1.82) is 0 Å². The maximum absolute atomic E-state index is 11.8. The van der Waals surface area contributed by atoms with Crippen LogP contribution < -0.4 is 5.32 Å². The van der Waals surface area contributed by atoms with E-state index in [2.05, 4.69) is 20.0 Å². The molecule has 0 bridgehead atoms. The zero-order valence-electron chi connectivity index (χ0n) is 12.6. The molecule has 1 aromatic rings. The summed E-state index contributed by atoms with van der Waals surface area (Å²) in [6, 6.07) is 0. The number of alkyl carbamates (subject to hydrolysis) is 1. The van der Waals surface area contributed by atoms with Gasteiger partial charge in [-0.25, -0.2) is 19.6 Å². The molecule has 7 heteroatoms. The van der Waals surface area contributed by atoms with E-state index in [1.807, 2.05) is 0 Å². The van der Waals surface area contributed by atoms with Crippen molar-refractivity contribution in [3.63, 3.8) is 0 Å². The van der Waals surface area contributed by atoms with Crippen molar-refractivity contribution in [2.75, 3.05) is 7.11 Å². The predicted octanol–water partition coefficient (Wildman–Crippen LogP) is 1.78. The molecule has 0 spiro atoms. The van der Waals surface area contributed by atoms with E-state index < -0.39 is 23.2 Å². The zero-order chi connectivity index (χ0) is 15.7. The fourth-order valence-corrected chi connectivity index (χ4v) is 1.83. The fraction of sp³-hybridized carbons (Fsp3) is 0.571. The van der Waals surface area contributed by atoms with Gasteiger partial charge in [-0.15, -0.1) is 0 Å². The summed E-state index contributed by atoms with van der Waals surface area (Å²) in [6.07, 6.45) is 3.77. The molecule has 1 fully saturated rings. The molecule has 21 heavy (non-hydrogen) atoms. The van der Waals surface area contributed by atoms with Crippen LogP contribution in [-0.2, 0) is 15.0 Å². The van der Waals surface area contributed by atoms with Gasteiger partial charge in [0.2, 0.25) is 0 Å². The highest BCUT2D eigenvalue weighted by Crippen LogP contribution is 2.43. The molecule has 0 unspecified atom stereocenters. The Labute approximate surface area is 123 Å². The minimum Gasteiger partial charge on any atom is -0.465 e. The number of methoxy groups -OCH3 is 1. The lowest BCUT2D eigenvalue weighted by Gasteiger charge is -2.22. The van der Waals surface area contributed by atoms with Crippen molar-refractivity contribution < 1.29 is 19.1 Å². The van der Waals surface area contributed by atoms with Crippen molar-refractivity contribution in [3.8, 4) is 0 Å². The Kier molecular flexibility index (Phi) is 3.85. The molecule has 114 valence electrons. The van der Waals surface area contributed by atoms with E-state index >= 15 is 0 Å². The van der Waals surface area contributed by atoms with E-state index in [1.165, 1.54) is 19.5 Å². The van der Waals surface area contributed by atoms with Crippen LogP contribution in [0.3, 0.4) is 0 Å². The monoisotopic (exact) mass is 293 g/mol. The Morgan fingerprint density at radius 1 is 1.24 bits per heavy atom. The molecule has 1 saturated carbocycles. The Morgan fingerprint density at radius 3 is 2.24 bits per heavy atom. The second kappa shape index (κ2) is 5.31. The number of aromatic nitrogens is 2. The average Bonchev–Trinajstić information content (AvgIpc) is 3.16. The van der Waals surface area contributed by atoms with Gasteiger partial charge in [0.25, 0.3) is 0 Å². The summed E-state index contributed by atoms with van der Waals surface area (Å²) in [4.78, 5) is 31.5. The summed E-state index contributed by atoms with van der Waals surface area (Å²) in [5.41, 5.74) is -0.874. The topological polar surface area (TPSA) is 90.4 Å². The number of amides is 1. The van der Waals surface area contributed by atoms with Crippen LogP contribution in [0.2, 0.25) is 0 Å². The molecule has 1 aromatic heterocycles. The molecule has 0 aromatic carbocycles. The molecule has 0 aliphatic heterocycles. The highest BCUT2D eigenvalue weighted by molar-refractivity contribution is 5.88. The fourth-order valence-electron chi connectivity index (χ4n) is 1.83. The Bertz CT molecular complexity index is 544. The number of hydrogen-bond donors (Lipinski definition) is 1. The van der Waals surface area contributed by atoms with Gasteiger partial charge in [0.15, 0.2) is 5.82 Å². The van der Waals surface area contributed by atoms with Crippen LogP contribution in [0.1, 0.15) is 49.8 Å². The Morgan fingerprint density at radius 2 is 1.81 bits per heavy atom. The second-order valence-electron chi connectivity index (χ2n) is 6.00. The maximum atomic E-state index is 11.8. The van der Waals surface area contributed by atoms with E-state index in [-0.39, 0.29) is 5.56 Å². The standard InChI is InChI=1S/C14H19N3O4/c1-13(2,3)21-12(19)17-14(5-6-14)11-15-7-9(8-16-11)10(18)20-4/h7-8H,5-6H2,1-4H3,(H,17,19). The lowest BCUT2D eigenvalue weighted by molar-refractivity contribution is 0.0490. The second-order valence-corrected chi connectivity index (χ2v) is 6.00. The van der Waals surface area contributed by atoms with Crippen molar-refractivity contribution in [2.45, 2.75) is 44.8 Å². The van der Waals surface area contributed by atoms with Gasteiger partial charge in [-0.1, -0.05) is 0 Å². The zero-order valence-corrected chi connectivity index (χ0v) is 12.6. The third kappa shape index (κ3) is 3.68. The van der Waals surface area contributed by atoms with E-state index in [0.29, 0.717) is 5.82 Å². The Balaban J connectivity index is 2.07. The van der Waals surface area contributed by atoms with Gasteiger partial charge in [-0.3, -0.25) is 0 Å². The Hall–Kier alpha value is -2.18. The van der Waals surface area contributed by atoms with E-state index in [4.69, 9.17) is 4.74 Å². The highest BCUT2D eigenvalue weighted by Gasteiger charge is 2.49. The minimum atomic E-state index is -0.586. The number of nitrogens with one attached hydrogen (secondary N) is 1. The van der Waals surface area contributed by atoms with Crippen molar-refractivity contribution >= 4 is 12.1 Å². The molecular weight excluding hydrogens is 274 g/mol. The van der Waals surface area contributed by atoms with Crippen molar-refractivity contribution in [3.05, 3.63) is 23.8 Å². The number of hydrogen-bond acceptors (Lipinski definition) is 6. The molecular formula is C14H19N3O4. The highest BCUT2D eigenvalue weighted by atomic mass is 16.6. The molecule has 1 amide bonds.